The minimum Gasteiger partial charge on any atom is -0.476 e. The van der Waals surface area contributed by atoms with E-state index in [-0.39, 0.29) is 22.0 Å². The highest BCUT2D eigenvalue weighted by Crippen LogP contribution is 2.21. The van der Waals surface area contributed by atoms with E-state index in [4.69, 9.17) is 11.6 Å². The number of carboxylic acid groups (broad SMARTS) is 1. The molecule has 0 aliphatic rings. The van der Waals surface area contributed by atoms with Crippen LogP contribution in [0.25, 0.3) is 11.3 Å². The molecule has 0 atom stereocenters. The topological polar surface area (TPSA) is 97.1 Å². The Balaban J connectivity index is 1.98. The number of rotatable bonds is 4. The highest BCUT2D eigenvalue weighted by molar-refractivity contribution is 6.34. The standard InChI is InChI=1S/C16H11ClN4O3/c17-12-9-5-4-8-11(12)15(22)19-21-14(16(23)24)13(18-20-21)10-6-2-1-3-7-10/h1-9H,(H,19,22)(H,23,24). The van der Waals surface area contributed by atoms with E-state index in [9.17, 15) is 14.7 Å². The van der Waals surface area contributed by atoms with Crippen LogP contribution >= 0.6 is 11.6 Å². The maximum absolute atomic E-state index is 12.3. The number of carbonyl (C=O) groups is 2. The lowest BCUT2D eigenvalue weighted by molar-refractivity contribution is 0.0686. The third kappa shape index (κ3) is 2.97. The SMILES string of the molecule is O=C(Nn1nnc(-c2ccccc2)c1C(=O)O)c1ccccc1Cl. The lowest BCUT2D eigenvalue weighted by Crippen LogP contribution is -2.27. The van der Waals surface area contributed by atoms with E-state index < -0.39 is 11.9 Å². The van der Waals surface area contributed by atoms with Gasteiger partial charge in [0.15, 0.2) is 5.69 Å². The molecule has 1 aromatic heterocycles. The van der Waals surface area contributed by atoms with Crippen molar-refractivity contribution in [2.24, 2.45) is 0 Å². The largest absolute Gasteiger partial charge is 0.476 e. The summed E-state index contributed by atoms with van der Waals surface area (Å²) in [5.41, 5.74) is 3.06. The minimum absolute atomic E-state index is 0.155. The number of aromatic carboxylic acids is 1. The molecule has 0 bridgehead atoms. The van der Waals surface area contributed by atoms with Crippen LogP contribution in [0.15, 0.2) is 54.6 Å². The molecule has 0 saturated heterocycles. The molecule has 8 heteroatoms. The molecular weight excluding hydrogens is 332 g/mol. The van der Waals surface area contributed by atoms with E-state index in [0.717, 1.165) is 4.79 Å². The molecule has 120 valence electrons. The Labute approximate surface area is 141 Å². The summed E-state index contributed by atoms with van der Waals surface area (Å²) in [6.45, 7) is 0. The Hall–Kier alpha value is -3.19. The molecule has 0 aliphatic heterocycles. The zero-order valence-corrected chi connectivity index (χ0v) is 12.9. The maximum atomic E-state index is 12.3. The van der Waals surface area contributed by atoms with Crippen LogP contribution in [0, 0.1) is 0 Å². The molecule has 0 radical (unpaired) electrons. The van der Waals surface area contributed by atoms with Crippen molar-refractivity contribution in [3.05, 3.63) is 70.9 Å². The highest BCUT2D eigenvalue weighted by atomic mass is 35.5. The summed E-state index contributed by atoms with van der Waals surface area (Å²) in [7, 11) is 0. The number of hydrogen-bond acceptors (Lipinski definition) is 4. The Morgan fingerprint density at radius 2 is 1.71 bits per heavy atom. The molecule has 2 N–H and O–H groups in total. The molecule has 1 amide bonds. The fourth-order valence-corrected chi connectivity index (χ4v) is 2.37. The van der Waals surface area contributed by atoms with Crippen LogP contribution in [0.4, 0.5) is 0 Å². The third-order valence-corrected chi connectivity index (χ3v) is 3.58. The van der Waals surface area contributed by atoms with Crippen molar-refractivity contribution >= 4 is 23.5 Å². The van der Waals surface area contributed by atoms with Crippen molar-refractivity contribution in [2.45, 2.75) is 0 Å². The van der Waals surface area contributed by atoms with Gasteiger partial charge in [-0.25, -0.2) is 10.2 Å². The monoisotopic (exact) mass is 342 g/mol. The van der Waals surface area contributed by atoms with Gasteiger partial charge in [-0.05, 0) is 17.3 Å². The van der Waals surface area contributed by atoms with Crippen molar-refractivity contribution in [1.82, 2.24) is 15.1 Å². The van der Waals surface area contributed by atoms with Crippen LogP contribution < -0.4 is 5.43 Å². The summed E-state index contributed by atoms with van der Waals surface area (Å²) in [4.78, 5) is 24.7. The summed E-state index contributed by atoms with van der Waals surface area (Å²) < 4.78 is 0. The van der Waals surface area contributed by atoms with Gasteiger partial charge in [-0.15, -0.1) is 9.89 Å². The van der Waals surface area contributed by atoms with Crippen molar-refractivity contribution in [3.63, 3.8) is 0 Å². The summed E-state index contributed by atoms with van der Waals surface area (Å²) in [5, 5.41) is 17.3. The second kappa shape index (κ2) is 6.51. The van der Waals surface area contributed by atoms with Gasteiger partial charge < -0.3 is 5.11 Å². The maximum Gasteiger partial charge on any atom is 0.358 e. The Bertz CT molecular complexity index is 909. The van der Waals surface area contributed by atoms with Crippen molar-refractivity contribution in [2.75, 3.05) is 5.43 Å². The first-order valence-electron chi connectivity index (χ1n) is 6.88. The molecule has 1 heterocycles. The second-order valence-corrected chi connectivity index (χ2v) is 5.20. The first kappa shape index (κ1) is 15.7. The van der Waals surface area contributed by atoms with E-state index in [1.165, 1.54) is 6.07 Å². The molecule has 0 fully saturated rings. The Morgan fingerprint density at radius 3 is 2.38 bits per heavy atom. The Kier molecular flexibility index (Phi) is 4.26. The smallest absolute Gasteiger partial charge is 0.358 e. The normalized spacial score (nSPS) is 10.4. The average molecular weight is 343 g/mol. The van der Waals surface area contributed by atoms with Crippen LogP contribution in [0.3, 0.4) is 0 Å². The predicted octanol–water partition coefficient (Wildman–Crippen LogP) is 2.68. The Morgan fingerprint density at radius 1 is 1.04 bits per heavy atom. The van der Waals surface area contributed by atoms with Crippen molar-refractivity contribution in [3.8, 4) is 11.3 Å². The van der Waals surface area contributed by atoms with E-state index in [0.29, 0.717) is 5.56 Å². The van der Waals surface area contributed by atoms with Gasteiger partial charge >= 0.3 is 5.97 Å². The van der Waals surface area contributed by atoms with Gasteiger partial charge in [0.2, 0.25) is 0 Å². The molecule has 2 aromatic carbocycles. The zero-order valence-electron chi connectivity index (χ0n) is 12.2. The first-order valence-corrected chi connectivity index (χ1v) is 7.26. The molecule has 0 saturated carbocycles. The first-order chi connectivity index (χ1) is 11.6. The van der Waals surface area contributed by atoms with Gasteiger partial charge in [0.25, 0.3) is 5.91 Å². The van der Waals surface area contributed by atoms with Crippen LogP contribution in [-0.2, 0) is 0 Å². The summed E-state index contributed by atoms with van der Waals surface area (Å²) in [6.07, 6.45) is 0. The quantitative estimate of drug-likeness (QED) is 0.759. The molecule has 3 rings (SSSR count). The zero-order chi connectivity index (χ0) is 17.1. The van der Waals surface area contributed by atoms with Crippen LogP contribution in [0.1, 0.15) is 20.8 Å². The third-order valence-electron chi connectivity index (χ3n) is 3.25. The molecule has 24 heavy (non-hydrogen) atoms. The van der Waals surface area contributed by atoms with Crippen molar-refractivity contribution in [1.29, 1.82) is 0 Å². The van der Waals surface area contributed by atoms with E-state index in [1.54, 1.807) is 48.5 Å². The van der Waals surface area contributed by atoms with Gasteiger partial charge in [-0.3, -0.25) is 4.79 Å². The minimum atomic E-state index is -1.27. The molecule has 3 aromatic rings. The number of hydrogen-bond donors (Lipinski definition) is 2. The van der Waals surface area contributed by atoms with E-state index >= 15 is 0 Å². The van der Waals surface area contributed by atoms with Gasteiger partial charge in [0.05, 0.1) is 10.6 Å². The second-order valence-electron chi connectivity index (χ2n) is 4.79. The summed E-state index contributed by atoms with van der Waals surface area (Å²) in [5.74, 6) is -1.86. The summed E-state index contributed by atoms with van der Waals surface area (Å²) >= 11 is 5.97. The fraction of sp³-hybridized carbons (Fsp3) is 0. The number of halogens is 1. The molecule has 0 spiro atoms. The lowest BCUT2D eigenvalue weighted by atomic mass is 10.1. The number of carbonyl (C=O) groups excluding carboxylic acids is 1. The number of carboxylic acids is 1. The number of nitrogens with zero attached hydrogens (tertiary/aromatic N) is 3. The number of nitrogens with one attached hydrogen (secondary N) is 1. The van der Waals surface area contributed by atoms with Crippen molar-refractivity contribution < 1.29 is 14.7 Å². The molecule has 0 aliphatic carbocycles. The number of amides is 1. The van der Waals surface area contributed by atoms with Crippen LogP contribution in [0.2, 0.25) is 5.02 Å². The average Bonchev–Trinajstić information content (AvgIpc) is 2.99. The van der Waals surface area contributed by atoms with Gasteiger partial charge in [0.1, 0.15) is 5.69 Å². The fourth-order valence-electron chi connectivity index (χ4n) is 2.14. The molecular formula is C16H11ClN4O3. The molecule has 7 nitrogen and oxygen atoms in total. The summed E-state index contributed by atoms with van der Waals surface area (Å²) in [6, 6.07) is 15.1. The van der Waals surface area contributed by atoms with E-state index in [2.05, 4.69) is 15.7 Å². The van der Waals surface area contributed by atoms with Gasteiger partial charge in [0, 0.05) is 5.56 Å². The van der Waals surface area contributed by atoms with E-state index in [1.807, 2.05) is 0 Å². The van der Waals surface area contributed by atoms with Gasteiger partial charge in [-0.2, -0.15) is 0 Å². The predicted molar refractivity (Wildman–Crippen MR) is 87.6 cm³/mol. The van der Waals surface area contributed by atoms with Gasteiger partial charge in [-0.1, -0.05) is 54.1 Å². The van der Waals surface area contributed by atoms with Crippen LogP contribution in [0.5, 0.6) is 0 Å². The van der Waals surface area contributed by atoms with Crippen LogP contribution in [-0.4, -0.2) is 32.1 Å². The molecule has 0 unspecified atom stereocenters. The lowest BCUT2D eigenvalue weighted by Gasteiger charge is -2.07. The number of aromatic nitrogens is 3. The number of benzene rings is 2. The highest BCUT2D eigenvalue weighted by Gasteiger charge is 2.23.